The number of hydrogen-bond donors (Lipinski definition) is 2. The Morgan fingerprint density at radius 3 is 2.63 bits per heavy atom. The SMILES string of the molecule is CS(=O)(=O)NCCCNC1=NCC2(CCCC2)CS1. The first kappa shape index (κ1) is 15.1. The molecule has 0 bridgehead atoms. The van der Waals surface area contributed by atoms with Crippen LogP contribution in [-0.4, -0.2) is 45.2 Å². The zero-order valence-electron chi connectivity index (χ0n) is 11.4. The molecule has 0 atom stereocenters. The molecule has 0 aromatic heterocycles. The first-order valence-corrected chi connectivity index (χ1v) is 9.73. The molecule has 0 radical (unpaired) electrons. The minimum Gasteiger partial charge on any atom is -0.365 e. The van der Waals surface area contributed by atoms with Crippen LogP contribution in [0.2, 0.25) is 0 Å². The Morgan fingerprint density at radius 1 is 1.32 bits per heavy atom. The van der Waals surface area contributed by atoms with E-state index in [-0.39, 0.29) is 0 Å². The Labute approximate surface area is 120 Å². The molecule has 2 N–H and O–H groups in total. The highest BCUT2D eigenvalue weighted by atomic mass is 32.2. The minimum atomic E-state index is -3.06. The molecule has 0 unspecified atom stereocenters. The van der Waals surface area contributed by atoms with Crippen LogP contribution in [0.5, 0.6) is 0 Å². The van der Waals surface area contributed by atoms with Crippen molar-refractivity contribution in [3.05, 3.63) is 0 Å². The zero-order valence-corrected chi connectivity index (χ0v) is 13.1. The summed E-state index contributed by atoms with van der Waals surface area (Å²) in [6.45, 7) is 2.21. The van der Waals surface area contributed by atoms with Crippen LogP contribution >= 0.6 is 11.8 Å². The van der Waals surface area contributed by atoms with Crippen molar-refractivity contribution >= 4 is 27.0 Å². The third kappa shape index (κ3) is 4.96. The lowest BCUT2D eigenvalue weighted by Crippen LogP contribution is -2.34. The molecule has 1 fully saturated rings. The number of hydrogen-bond acceptors (Lipinski definition) is 5. The highest BCUT2D eigenvalue weighted by Gasteiger charge is 2.36. The van der Waals surface area contributed by atoms with Gasteiger partial charge in [0.25, 0.3) is 0 Å². The van der Waals surface area contributed by atoms with Crippen LogP contribution in [0.3, 0.4) is 0 Å². The van der Waals surface area contributed by atoms with E-state index in [1.165, 1.54) is 37.7 Å². The molecule has 1 aliphatic carbocycles. The Bertz CT molecular complexity index is 428. The average molecular weight is 305 g/mol. The van der Waals surface area contributed by atoms with Crippen molar-refractivity contribution in [3.63, 3.8) is 0 Å². The predicted molar refractivity (Wildman–Crippen MR) is 81.1 cm³/mol. The summed E-state index contributed by atoms with van der Waals surface area (Å²) >= 11 is 1.82. The summed E-state index contributed by atoms with van der Waals surface area (Å²) in [4.78, 5) is 4.64. The van der Waals surface area contributed by atoms with Gasteiger partial charge < -0.3 is 5.32 Å². The lowest BCUT2D eigenvalue weighted by Gasteiger charge is -2.31. The Morgan fingerprint density at radius 2 is 2.05 bits per heavy atom. The summed E-state index contributed by atoms with van der Waals surface area (Å²) in [6.07, 6.45) is 7.33. The molecule has 2 aliphatic rings. The van der Waals surface area contributed by atoms with Gasteiger partial charge in [0.2, 0.25) is 10.0 Å². The molecule has 2 rings (SSSR count). The van der Waals surface area contributed by atoms with Crippen molar-refractivity contribution < 1.29 is 8.42 Å². The number of rotatable bonds is 5. The number of thioether (sulfide) groups is 1. The van der Waals surface area contributed by atoms with Gasteiger partial charge in [-0.05, 0) is 24.7 Å². The Hall–Kier alpha value is -0.270. The highest BCUT2D eigenvalue weighted by molar-refractivity contribution is 8.13. The van der Waals surface area contributed by atoms with Crippen molar-refractivity contribution in [3.8, 4) is 0 Å². The maximum atomic E-state index is 10.9. The number of amidine groups is 1. The number of aliphatic imine (C=N–C) groups is 1. The molecule has 0 aromatic carbocycles. The summed E-state index contributed by atoms with van der Waals surface area (Å²) in [7, 11) is -3.06. The van der Waals surface area contributed by atoms with Gasteiger partial charge in [-0.25, -0.2) is 13.1 Å². The molecule has 1 saturated carbocycles. The zero-order chi connectivity index (χ0) is 13.8. The van der Waals surface area contributed by atoms with E-state index in [1.807, 2.05) is 11.8 Å². The molecule has 19 heavy (non-hydrogen) atoms. The van der Waals surface area contributed by atoms with Gasteiger partial charge >= 0.3 is 0 Å². The van der Waals surface area contributed by atoms with Crippen molar-refractivity contribution in [2.24, 2.45) is 10.4 Å². The molecule has 0 aromatic rings. The number of nitrogens with zero attached hydrogens (tertiary/aromatic N) is 1. The molecule has 0 amide bonds. The maximum absolute atomic E-state index is 10.9. The Kier molecular flexibility index (Phi) is 5.14. The van der Waals surface area contributed by atoms with Gasteiger partial charge in [-0.15, -0.1) is 0 Å². The average Bonchev–Trinajstić information content (AvgIpc) is 2.79. The molecule has 110 valence electrons. The van der Waals surface area contributed by atoms with Gasteiger partial charge in [-0.3, -0.25) is 4.99 Å². The molecule has 1 aliphatic heterocycles. The number of sulfonamides is 1. The van der Waals surface area contributed by atoms with E-state index in [0.29, 0.717) is 12.0 Å². The van der Waals surface area contributed by atoms with Crippen LogP contribution in [0.25, 0.3) is 0 Å². The Balaban J connectivity index is 1.63. The minimum absolute atomic E-state index is 0.480. The third-order valence-corrected chi connectivity index (χ3v) is 5.76. The van der Waals surface area contributed by atoms with E-state index in [4.69, 9.17) is 0 Å². The third-order valence-electron chi connectivity index (χ3n) is 3.73. The summed E-state index contributed by atoms with van der Waals surface area (Å²) in [5.74, 6) is 1.18. The lowest BCUT2D eigenvalue weighted by molar-refractivity contribution is 0.358. The smallest absolute Gasteiger partial charge is 0.208 e. The van der Waals surface area contributed by atoms with Crippen molar-refractivity contribution in [1.82, 2.24) is 10.0 Å². The van der Waals surface area contributed by atoms with E-state index >= 15 is 0 Å². The quantitative estimate of drug-likeness (QED) is 0.748. The van der Waals surface area contributed by atoms with Gasteiger partial charge in [0.15, 0.2) is 5.17 Å². The van der Waals surface area contributed by atoms with Crippen molar-refractivity contribution in [2.75, 3.05) is 31.6 Å². The maximum Gasteiger partial charge on any atom is 0.208 e. The van der Waals surface area contributed by atoms with Gasteiger partial charge in [0, 0.05) is 25.4 Å². The fourth-order valence-corrected chi connectivity index (χ4v) is 4.33. The first-order valence-electron chi connectivity index (χ1n) is 6.85. The number of nitrogens with one attached hydrogen (secondary N) is 2. The van der Waals surface area contributed by atoms with Crippen LogP contribution in [0.15, 0.2) is 4.99 Å². The summed E-state index contributed by atoms with van der Waals surface area (Å²) in [6, 6.07) is 0. The molecule has 5 nitrogen and oxygen atoms in total. The molecular formula is C12H23N3O2S2. The summed E-state index contributed by atoms with van der Waals surface area (Å²) < 4.78 is 24.2. The normalized spacial score (nSPS) is 22.5. The van der Waals surface area contributed by atoms with Crippen molar-refractivity contribution in [2.45, 2.75) is 32.1 Å². The largest absolute Gasteiger partial charge is 0.365 e. The lowest BCUT2D eigenvalue weighted by atomic mass is 9.89. The predicted octanol–water partition coefficient (Wildman–Crippen LogP) is 1.18. The second-order valence-electron chi connectivity index (χ2n) is 5.56. The highest BCUT2D eigenvalue weighted by Crippen LogP contribution is 2.43. The van der Waals surface area contributed by atoms with E-state index < -0.39 is 10.0 Å². The first-order chi connectivity index (χ1) is 8.99. The van der Waals surface area contributed by atoms with Crippen LogP contribution in [0, 0.1) is 5.41 Å². The van der Waals surface area contributed by atoms with Gasteiger partial charge in [-0.1, -0.05) is 24.6 Å². The molecular weight excluding hydrogens is 282 g/mol. The monoisotopic (exact) mass is 305 g/mol. The molecule has 1 heterocycles. The van der Waals surface area contributed by atoms with Gasteiger partial charge in [-0.2, -0.15) is 0 Å². The molecule has 1 spiro atoms. The van der Waals surface area contributed by atoms with Gasteiger partial charge in [0.05, 0.1) is 6.26 Å². The second-order valence-corrected chi connectivity index (χ2v) is 8.36. The van der Waals surface area contributed by atoms with Crippen LogP contribution in [-0.2, 0) is 10.0 Å². The second kappa shape index (κ2) is 6.45. The van der Waals surface area contributed by atoms with E-state index in [1.54, 1.807) is 0 Å². The van der Waals surface area contributed by atoms with E-state index in [0.717, 1.165) is 24.7 Å². The molecule has 0 saturated heterocycles. The van der Waals surface area contributed by atoms with E-state index in [9.17, 15) is 8.42 Å². The van der Waals surface area contributed by atoms with Crippen LogP contribution in [0.4, 0.5) is 0 Å². The van der Waals surface area contributed by atoms with E-state index in [2.05, 4.69) is 15.0 Å². The standard InChI is InChI=1S/C12H23N3O2S2/c1-19(16,17)15-8-4-7-13-11-14-9-12(10-18-11)5-2-3-6-12/h15H,2-10H2,1H3,(H,13,14). The summed E-state index contributed by atoms with van der Waals surface area (Å²) in [5.41, 5.74) is 0.480. The van der Waals surface area contributed by atoms with Crippen LogP contribution < -0.4 is 10.0 Å². The summed E-state index contributed by atoms with van der Waals surface area (Å²) in [5, 5.41) is 4.32. The van der Waals surface area contributed by atoms with Crippen LogP contribution in [0.1, 0.15) is 32.1 Å². The fourth-order valence-electron chi connectivity index (χ4n) is 2.63. The molecule has 7 heteroatoms. The van der Waals surface area contributed by atoms with Gasteiger partial charge in [0.1, 0.15) is 0 Å². The van der Waals surface area contributed by atoms with Crippen molar-refractivity contribution in [1.29, 1.82) is 0 Å². The fraction of sp³-hybridized carbons (Fsp3) is 0.917. The topological polar surface area (TPSA) is 70.6 Å².